The van der Waals surface area contributed by atoms with Crippen LogP contribution < -0.4 is 10.2 Å². The Morgan fingerprint density at radius 1 is 1.31 bits per heavy atom. The second kappa shape index (κ2) is 6.77. The fourth-order valence-electron chi connectivity index (χ4n) is 5.11. The molecule has 0 aliphatic carbocycles. The Hall–Kier alpha value is -2.53. The van der Waals surface area contributed by atoms with Crippen molar-refractivity contribution < 1.29 is 0 Å². The van der Waals surface area contributed by atoms with Crippen LogP contribution in [0.1, 0.15) is 26.2 Å². The van der Waals surface area contributed by atoms with Gasteiger partial charge in [-0.25, -0.2) is 9.97 Å². The molecule has 2 saturated heterocycles. The summed E-state index contributed by atoms with van der Waals surface area (Å²) in [5.41, 5.74) is 4.53. The van der Waals surface area contributed by atoms with Crippen LogP contribution in [0.3, 0.4) is 0 Å². The average Bonchev–Trinajstić information content (AvgIpc) is 3.23. The minimum Gasteiger partial charge on any atom is -0.388 e. The van der Waals surface area contributed by atoms with Gasteiger partial charge in [0.2, 0.25) is 0 Å². The fraction of sp³-hybridized carbons (Fsp3) is 0.391. The maximum absolute atomic E-state index is 6.57. The maximum atomic E-state index is 6.57. The highest BCUT2D eigenvalue weighted by Gasteiger charge is 2.42. The third-order valence-electron chi connectivity index (χ3n) is 6.61. The van der Waals surface area contributed by atoms with E-state index < -0.39 is 0 Å². The number of aryl methyl sites for hydroxylation is 1. The Labute approximate surface area is 176 Å². The van der Waals surface area contributed by atoms with Crippen LogP contribution in [0.5, 0.6) is 0 Å². The minimum absolute atomic E-state index is 0.347. The molecule has 2 aliphatic heterocycles. The van der Waals surface area contributed by atoms with E-state index in [0.29, 0.717) is 16.5 Å². The molecule has 29 heavy (non-hydrogen) atoms. The van der Waals surface area contributed by atoms with Gasteiger partial charge in [-0.1, -0.05) is 30.3 Å². The standard InChI is InChI=1S/C23H26ClN5/c1-15-11-23(14-26-15)8-9-29(16(2)12-23)21-10-17(18(24)13-25-21)22-27-19-6-4-5-7-20(19)28(22)3/h4-7,10,13,16,26H,1,8-9,11-12,14H2,2-3H3/t16-,23?/m1/s1. The molecule has 5 nitrogen and oxygen atoms in total. The summed E-state index contributed by atoms with van der Waals surface area (Å²) in [5.74, 6) is 1.85. The number of rotatable bonds is 2. The normalized spacial score (nSPS) is 24.4. The summed E-state index contributed by atoms with van der Waals surface area (Å²) >= 11 is 6.57. The Balaban J connectivity index is 1.48. The Kier molecular flexibility index (Phi) is 4.32. The zero-order valence-electron chi connectivity index (χ0n) is 17.0. The monoisotopic (exact) mass is 407 g/mol. The van der Waals surface area contributed by atoms with E-state index in [9.17, 15) is 0 Å². The molecule has 2 aliphatic rings. The van der Waals surface area contributed by atoms with Gasteiger partial charge in [0.05, 0.1) is 16.1 Å². The molecule has 1 spiro atoms. The number of hydrogen-bond acceptors (Lipinski definition) is 4. The van der Waals surface area contributed by atoms with Crippen molar-refractivity contribution in [2.75, 3.05) is 18.0 Å². The van der Waals surface area contributed by atoms with Gasteiger partial charge < -0.3 is 14.8 Å². The highest BCUT2D eigenvalue weighted by molar-refractivity contribution is 6.33. The summed E-state index contributed by atoms with van der Waals surface area (Å²) < 4.78 is 2.10. The van der Waals surface area contributed by atoms with Crippen LogP contribution in [0.25, 0.3) is 22.4 Å². The lowest BCUT2D eigenvalue weighted by Crippen LogP contribution is -2.47. The molecule has 0 bridgehead atoms. The molecule has 2 fully saturated rings. The number of nitrogens with one attached hydrogen (secondary N) is 1. The van der Waals surface area contributed by atoms with Gasteiger partial charge in [0.25, 0.3) is 0 Å². The van der Waals surface area contributed by atoms with Gasteiger partial charge in [-0.3, -0.25) is 0 Å². The molecule has 4 heterocycles. The second-order valence-electron chi connectivity index (χ2n) is 8.64. The van der Waals surface area contributed by atoms with Gasteiger partial charge in [0, 0.05) is 43.6 Å². The Bertz CT molecular complexity index is 1100. The number of piperidine rings is 1. The van der Waals surface area contributed by atoms with Gasteiger partial charge in [0.1, 0.15) is 11.6 Å². The van der Waals surface area contributed by atoms with Crippen molar-refractivity contribution in [3.8, 4) is 11.4 Å². The fourth-order valence-corrected chi connectivity index (χ4v) is 5.30. The van der Waals surface area contributed by atoms with Crippen molar-refractivity contribution in [3.63, 3.8) is 0 Å². The van der Waals surface area contributed by atoms with E-state index >= 15 is 0 Å². The van der Waals surface area contributed by atoms with E-state index in [-0.39, 0.29) is 0 Å². The lowest BCUT2D eigenvalue weighted by atomic mass is 9.74. The number of hydrogen-bond donors (Lipinski definition) is 1. The largest absolute Gasteiger partial charge is 0.388 e. The smallest absolute Gasteiger partial charge is 0.142 e. The molecular formula is C23H26ClN5. The third kappa shape index (κ3) is 3.08. The summed E-state index contributed by atoms with van der Waals surface area (Å²) in [6, 6.07) is 10.7. The molecule has 2 aromatic heterocycles. The van der Waals surface area contributed by atoms with Crippen LogP contribution in [0.15, 0.2) is 48.8 Å². The number of benzene rings is 1. The number of pyridine rings is 1. The van der Waals surface area contributed by atoms with Gasteiger partial charge >= 0.3 is 0 Å². The number of halogens is 1. The molecule has 0 radical (unpaired) electrons. The summed E-state index contributed by atoms with van der Waals surface area (Å²) in [4.78, 5) is 11.9. The van der Waals surface area contributed by atoms with E-state index in [1.54, 1.807) is 6.20 Å². The molecule has 2 atom stereocenters. The SMILES string of the molecule is C=C1CC2(CCN(c3cc(-c4nc5ccccc5n4C)c(Cl)cn3)[C@H](C)C2)CN1. The summed E-state index contributed by atoms with van der Waals surface area (Å²) in [7, 11) is 2.04. The van der Waals surface area contributed by atoms with Crippen LogP contribution >= 0.6 is 11.6 Å². The zero-order chi connectivity index (χ0) is 20.2. The van der Waals surface area contributed by atoms with Gasteiger partial charge in [-0.2, -0.15) is 0 Å². The number of para-hydroxylation sites is 2. The van der Waals surface area contributed by atoms with Gasteiger partial charge in [-0.15, -0.1) is 0 Å². The number of allylic oxidation sites excluding steroid dienone is 1. The number of aromatic nitrogens is 3. The molecule has 3 aromatic rings. The van der Waals surface area contributed by atoms with Gasteiger partial charge in [0.15, 0.2) is 0 Å². The number of anilines is 1. The predicted octanol–water partition coefficient (Wildman–Crippen LogP) is 4.77. The van der Waals surface area contributed by atoms with E-state index in [1.807, 2.05) is 25.2 Å². The van der Waals surface area contributed by atoms with Gasteiger partial charge in [-0.05, 0) is 49.8 Å². The number of fused-ring (bicyclic) bond motifs is 1. The van der Waals surface area contributed by atoms with Crippen molar-refractivity contribution in [2.45, 2.75) is 32.2 Å². The lowest BCUT2D eigenvalue weighted by Gasteiger charge is -2.44. The van der Waals surface area contributed by atoms with Crippen LogP contribution in [0.2, 0.25) is 5.02 Å². The predicted molar refractivity (Wildman–Crippen MR) is 119 cm³/mol. The van der Waals surface area contributed by atoms with E-state index in [4.69, 9.17) is 16.6 Å². The quantitative estimate of drug-likeness (QED) is 0.664. The lowest BCUT2D eigenvalue weighted by molar-refractivity contribution is 0.218. The molecule has 1 unspecified atom stereocenters. The van der Waals surface area contributed by atoms with Crippen molar-refractivity contribution in [3.05, 3.63) is 53.8 Å². The molecule has 6 heteroatoms. The molecule has 1 N–H and O–H groups in total. The summed E-state index contributed by atoms with van der Waals surface area (Å²) in [6.07, 6.45) is 5.15. The highest BCUT2D eigenvalue weighted by atomic mass is 35.5. The van der Waals surface area contributed by atoms with Crippen LogP contribution in [-0.2, 0) is 7.05 Å². The molecule has 0 amide bonds. The first kappa shape index (κ1) is 18.5. The second-order valence-corrected chi connectivity index (χ2v) is 9.04. The first-order valence-electron chi connectivity index (χ1n) is 10.2. The Morgan fingerprint density at radius 2 is 2.14 bits per heavy atom. The zero-order valence-corrected chi connectivity index (χ0v) is 17.7. The molecular weight excluding hydrogens is 382 g/mol. The maximum Gasteiger partial charge on any atom is 0.142 e. The van der Waals surface area contributed by atoms with Crippen LogP contribution in [0, 0.1) is 5.41 Å². The van der Waals surface area contributed by atoms with E-state index in [1.165, 1.54) is 5.70 Å². The molecule has 1 aromatic carbocycles. The molecule has 150 valence electrons. The summed E-state index contributed by atoms with van der Waals surface area (Å²) in [6.45, 7) is 8.46. The minimum atomic E-state index is 0.347. The topological polar surface area (TPSA) is 46.0 Å². The van der Waals surface area contributed by atoms with Crippen molar-refractivity contribution in [1.29, 1.82) is 0 Å². The van der Waals surface area contributed by atoms with E-state index in [2.05, 4.69) is 45.4 Å². The number of nitrogens with zero attached hydrogens (tertiary/aromatic N) is 4. The van der Waals surface area contributed by atoms with Crippen molar-refractivity contribution in [1.82, 2.24) is 19.9 Å². The van der Waals surface area contributed by atoms with Crippen LogP contribution in [0.4, 0.5) is 5.82 Å². The van der Waals surface area contributed by atoms with Crippen LogP contribution in [-0.4, -0.2) is 33.7 Å². The average molecular weight is 408 g/mol. The van der Waals surface area contributed by atoms with Crippen molar-refractivity contribution in [2.24, 2.45) is 12.5 Å². The first-order valence-corrected chi connectivity index (χ1v) is 10.6. The summed E-state index contributed by atoms with van der Waals surface area (Å²) in [5, 5.41) is 4.08. The first-order chi connectivity index (χ1) is 14.0. The third-order valence-corrected chi connectivity index (χ3v) is 6.91. The molecule has 5 rings (SSSR count). The Morgan fingerprint density at radius 3 is 2.86 bits per heavy atom. The molecule has 0 saturated carbocycles. The highest BCUT2D eigenvalue weighted by Crippen LogP contribution is 2.44. The van der Waals surface area contributed by atoms with Crippen molar-refractivity contribution >= 4 is 28.5 Å². The number of imidazole rings is 1. The van der Waals surface area contributed by atoms with E-state index in [0.717, 1.165) is 60.6 Å².